The number of para-hydroxylation sites is 1. The summed E-state index contributed by atoms with van der Waals surface area (Å²) in [7, 11) is 0. The van der Waals surface area contributed by atoms with Crippen molar-refractivity contribution in [2.75, 3.05) is 0 Å². The lowest BCUT2D eigenvalue weighted by Crippen LogP contribution is -2.20. The van der Waals surface area contributed by atoms with Crippen molar-refractivity contribution in [3.05, 3.63) is 77.1 Å². The van der Waals surface area contributed by atoms with Crippen LogP contribution in [0.4, 0.5) is 0 Å². The van der Waals surface area contributed by atoms with Crippen molar-refractivity contribution in [1.29, 1.82) is 0 Å². The van der Waals surface area contributed by atoms with Crippen molar-refractivity contribution >= 4 is 0 Å². The van der Waals surface area contributed by atoms with Gasteiger partial charge in [-0.3, -0.25) is 0 Å². The number of rotatable bonds is 2. The summed E-state index contributed by atoms with van der Waals surface area (Å²) in [6.07, 6.45) is 5.95. The van der Waals surface area contributed by atoms with Crippen molar-refractivity contribution in [2.24, 2.45) is 0 Å². The van der Waals surface area contributed by atoms with Crippen molar-refractivity contribution in [3.63, 3.8) is 0 Å². The number of hydrogen-bond acceptors (Lipinski definition) is 1. The average molecular weight is 276 g/mol. The van der Waals surface area contributed by atoms with Gasteiger partial charge in [-0.2, -0.15) is 0 Å². The maximum absolute atomic E-state index is 6.18. The summed E-state index contributed by atoms with van der Waals surface area (Å²) in [5, 5.41) is 0. The molecule has 1 unspecified atom stereocenters. The van der Waals surface area contributed by atoms with E-state index in [1.807, 2.05) is 0 Å². The average Bonchev–Trinajstić information content (AvgIpc) is 2.55. The zero-order chi connectivity index (χ0) is 14.1. The Hall–Kier alpha value is -2.02. The van der Waals surface area contributed by atoms with Crippen LogP contribution >= 0.6 is 0 Å². The van der Waals surface area contributed by atoms with Crippen LogP contribution in [0.3, 0.4) is 0 Å². The van der Waals surface area contributed by atoms with Gasteiger partial charge < -0.3 is 4.74 Å². The Morgan fingerprint density at radius 2 is 1.62 bits per heavy atom. The lowest BCUT2D eigenvalue weighted by atomic mass is 9.78. The van der Waals surface area contributed by atoms with E-state index < -0.39 is 0 Å². The van der Waals surface area contributed by atoms with E-state index in [9.17, 15) is 0 Å². The third-order valence-corrected chi connectivity index (χ3v) is 4.69. The topological polar surface area (TPSA) is 9.23 Å². The van der Waals surface area contributed by atoms with E-state index in [4.69, 9.17) is 4.74 Å². The Balaban J connectivity index is 1.76. The second kappa shape index (κ2) is 5.40. The van der Waals surface area contributed by atoms with Crippen LogP contribution in [0.2, 0.25) is 0 Å². The first-order chi connectivity index (χ1) is 10.4. The number of hydrogen-bond donors (Lipinski definition) is 0. The van der Waals surface area contributed by atoms with Crippen molar-refractivity contribution in [2.45, 2.75) is 38.0 Å². The van der Waals surface area contributed by atoms with E-state index in [1.165, 1.54) is 36.1 Å². The molecule has 1 heterocycles. The Morgan fingerprint density at radius 1 is 0.857 bits per heavy atom. The fourth-order valence-corrected chi connectivity index (χ4v) is 3.65. The third kappa shape index (κ3) is 2.37. The molecule has 2 aliphatic rings. The quantitative estimate of drug-likeness (QED) is 0.729. The van der Waals surface area contributed by atoms with E-state index in [0.717, 1.165) is 18.6 Å². The Bertz CT molecular complexity index is 669. The zero-order valence-corrected chi connectivity index (χ0v) is 12.2. The zero-order valence-electron chi connectivity index (χ0n) is 12.2. The van der Waals surface area contributed by atoms with Gasteiger partial charge in [-0.05, 0) is 42.9 Å². The SMILES string of the molecule is c1ccc(CC2C3=C(CCCC3)Oc3ccccc32)cc1. The molecule has 0 N–H and O–H groups in total. The molecule has 2 aromatic rings. The lowest BCUT2D eigenvalue weighted by molar-refractivity contribution is 0.343. The van der Waals surface area contributed by atoms with Gasteiger partial charge in [-0.25, -0.2) is 0 Å². The molecule has 0 bridgehead atoms. The van der Waals surface area contributed by atoms with Gasteiger partial charge in [-0.1, -0.05) is 48.5 Å². The molecule has 0 radical (unpaired) electrons. The number of ether oxygens (including phenoxy) is 1. The fourth-order valence-electron chi connectivity index (χ4n) is 3.65. The maximum Gasteiger partial charge on any atom is 0.130 e. The number of benzene rings is 2. The highest BCUT2D eigenvalue weighted by atomic mass is 16.5. The monoisotopic (exact) mass is 276 g/mol. The summed E-state index contributed by atoms with van der Waals surface area (Å²) < 4.78 is 6.18. The molecule has 0 spiro atoms. The molecule has 1 heteroatoms. The van der Waals surface area contributed by atoms with Gasteiger partial charge in [0.1, 0.15) is 11.5 Å². The summed E-state index contributed by atoms with van der Waals surface area (Å²) in [5.74, 6) is 2.81. The molecule has 0 fully saturated rings. The standard InChI is InChI=1S/C20H20O/c1-2-8-15(9-3-1)14-18-16-10-4-6-12-19(16)21-20-13-7-5-11-17(18)20/h1-4,6,8-10,12,18H,5,7,11,13-14H2. The van der Waals surface area contributed by atoms with Gasteiger partial charge >= 0.3 is 0 Å². The molecule has 106 valence electrons. The molecule has 1 nitrogen and oxygen atoms in total. The van der Waals surface area contributed by atoms with E-state index in [1.54, 1.807) is 5.57 Å². The van der Waals surface area contributed by atoms with Gasteiger partial charge in [0.15, 0.2) is 0 Å². The molecule has 1 aliphatic heterocycles. The first-order valence-electron chi connectivity index (χ1n) is 7.94. The van der Waals surface area contributed by atoms with E-state index in [-0.39, 0.29) is 0 Å². The van der Waals surface area contributed by atoms with Gasteiger partial charge in [0.25, 0.3) is 0 Å². The molecule has 0 saturated carbocycles. The summed E-state index contributed by atoms with van der Waals surface area (Å²) in [6.45, 7) is 0. The van der Waals surface area contributed by atoms with Crippen molar-refractivity contribution < 1.29 is 4.74 Å². The van der Waals surface area contributed by atoms with Gasteiger partial charge in [-0.15, -0.1) is 0 Å². The summed E-state index contributed by atoms with van der Waals surface area (Å²) in [4.78, 5) is 0. The van der Waals surface area contributed by atoms with Crippen LogP contribution in [-0.4, -0.2) is 0 Å². The normalized spacial score (nSPS) is 20.5. The van der Waals surface area contributed by atoms with Crippen LogP contribution in [-0.2, 0) is 6.42 Å². The number of fused-ring (bicyclic) bond motifs is 1. The van der Waals surface area contributed by atoms with Gasteiger partial charge in [0, 0.05) is 17.9 Å². The van der Waals surface area contributed by atoms with Crippen molar-refractivity contribution in [3.8, 4) is 5.75 Å². The lowest BCUT2D eigenvalue weighted by Gasteiger charge is -2.33. The molecule has 2 aromatic carbocycles. The predicted octanol–water partition coefficient (Wildman–Crippen LogP) is 5.23. The highest BCUT2D eigenvalue weighted by Crippen LogP contribution is 2.45. The molecular weight excluding hydrogens is 256 g/mol. The van der Waals surface area contributed by atoms with Gasteiger partial charge in [0.05, 0.1) is 0 Å². The van der Waals surface area contributed by atoms with Crippen LogP contribution in [0.1, 0.15) is 42.7 Å². The van der Waals surface area contributed by atoms with Crippen LogP contribution in [0.25, 0.3) is 0 Å². The molecule has 1 aliphatic carbocycles. The first kappa shape index (κ1) is 12.7. The summed E-state index contributed by atoms with van der Waals surface area (Å²) in [5.41, 5.74) is 4.32. The predicted molar refractivity (Wildman–Crippen MR) is 85.5 cm³/mol. The van der Waals surface area contributed by atoms with Crippen LogP contribution in [0.5, 0.6) is 5.75 Å². The first-order valence-corrected chi connectivity index (χ1v) is 7.94. The molecule has 21 heavy (non-hydrogen) atoms. The van der Waals surface area contributed by atoms with Crippen LogP contribution in [0.15, 0.2) is 65.9 Å². The summed E-state index contributed by atoms with van der Waals surface area (Å²) in [6, 6.07) is 19.4. The second-order valence-electron chi connectivity index (χ2n) is 6.04. The Morgan fingerprint density at radius 3 is 2.52 bits per heavy atom. The minimum Gasteiger partial charge on any atom is -0.461 e. The largest absolute Gasteiger partial charge is 0.461 e. The second-order valence-corrected chi connectivity index (χ2v) is 6.04. The maximum atomic E-state index is 6.18. The Labute approximate surface area is 126 Å². The smallest absolute Gasteiger partial charge is 0.130 e. The molecule has 1 atom stereocenters. The minimum absolute atomic E-state index is 0.493. The molecule has 4 rings (SSSR count). The van der Waals surface area contributed by atoms with E-state index >= 15 is 0 Å². The van der Waals surface area contributed by atoms with E-state index in [0.29, 0.717) is 5.92 Å². The highest BCUT2D eigenvalue weighted by molar-refractivity contribution is 5.47. The van der Waals surface area contributed by atoms with Crippen molar-refractivity contribution in [1.82, 2.24) is 0 Å². The van der Waals surface area contributed by atoms with Crippen LogP contribution < -0.4 is 4.74 Å². The summed E-state index contributed by atoms with van der Waals surface area (Å²) >= 11 is 0. The Kier molecular flexibility index (Phi) is 3.27. The third-order valence-electron chi connectivity index (χ3n) is 4.69. The molecular formula is C20H20O. The highest BCUT2D eigenvalue weighted by Gasteiger charge is 2.30. The molecule has 0 aromatic heterocycles. The fraction of sp³-hybridized carbons (Fsp3) is 0.300. The van der Waals surface area contributed by atoms with Crippen LogP contribution in [0, 0.1) is 0 Å². The van der Waals surface area contributed by atoms with E-state index in [2.05, 4.69) is 54.6 Å². The molecule has 0 amide bonds. The van der Waals surface area contributed by atoms with Gasteiger partial charge in [0.2, 0.25) is 0 Å². The number of allylic oxidation sites excluding steroid dienone is 2. The minimum atomic E-state index is 0.493. The molecule has 0 saturated heterocycles.